The lowest BCUT2D eigenvalue weighted by Gasteiger charge is -2.08. The summed E-state index contributed by atoms with van der Waals surface area (Å²) in [5.74, 6) is 0.237. The van der Waals surface area contributed by atoms with E-state index in [0.717, 1.165) is 32.8 Å². The Morgan fingerprint density at radius 2 is 1.97 bits per heavy atom. The number of aryl methyl sites for hydroxylation is 2. The number of thiophene rings is 1. The molecule has 0 saturated carbocycles. The van der Waals surface area contributed by atoms with Gasteiger partial charge in [0.25, 0.3) is 5.91 Å². The topological polar surface area (TPSA) is 76.7 Å². The fourth-order valence-electron chi connectivity index (χ4n) is 3.68. The van der Waals surface area contributed by atoms with Crippen LogP contribution in [0.25, 0.3) is 21.5 Å². The maximum absolute atomic E-state index is 13.5. The third kappa shape index (κ3) is 4.76. The van der Waals surface area contributed by atoms with E-state index in [0.29, 0.717) is 27.7 Å². The number of thiazole rings is 1. The van der Waals surface area contributed by atoms with Gasteiger partial charge < -0.3 is 9.15 Å². The van der Waals surface area contributed by atoms with Crippen LogP contribution in [0.2, 0.25) is 0 Å². The van der Waals surface area contributed by atoms with Crippen LogP contribution in [0.3, 0.4) is 0 Å². The molecule has 0 atom stereocenters. The van der Waals surface area contributed by atoms with E-state index in [2.05, 4.69) is 17.2 Å². The molecule has 0 aliphatic rings. The van der Waals surface area contributed by atoms with Crippen molar-refractivity contribution in [3.05, 3.63) is 87.6 Å². The average Bonchev–Trinajstić information content (AvgIpc) is 3.54. The highest BCUT2D eigenvalue weighted by Crippen LogP contribution is 2.34. The van der Waals surface area contributed by atoms with Gasteiger partial charge in [-0.25, -0.2) is 9.98 Å². The molecular weight excluding hydrogens is 478 g/mol. The number of aromatic nitrogens is 1. The first kappa shape index (κ1) is 23.0. The number of anilines is 1. The van der Waals surface area contributed by atoms with Gasteiger partial charge in [0, 0.05) is 10.3 Å². The normalized spacial score (nSPS) is 11.7. The molecule has 0 spiro atoms. The summed E-state index contributed by atoms with van der Waals surface area (Å²) >= 11 is 3.12. The second-order valence-electron chi connectivity index (χ2n) is 7.87. The number of nitrogens with zero attached hydrogens (tertiary/aromatic N) is 2. The van der Waals surface area contributed by atoms with Gasteiger partial charge in [-0.2, -0.15) is 0 Å². The Morgan fingerprint density at radius 1 is 1.14 bits per heavy atom. The molecule has 0 aliphatic carbocycles. The van der Waals surface area contributed by atoms with Crippen LogP contribution >= 0.6 is 22.7 Å². The highest BCUT2D eigenvalue weighted by molar-refractivity contribution is 7.17. The average molecular weight is 502 g/mol. The molecule has 6 nitrogen and oxygen atoms in total. The van der Waals surface area contributed by atoms with E-state index in [1.165, 1.54) is 11.3 Å². The van der Waals surface area contributed by atoms with Crippen molar-refractivity contribution in [2.24, 2.45) is 4.99 Å². The van der Waals surface area contributed by atoms with Crippen LogP contribution in [0.1, 0.15) is 27.7 Å². The standard InChI is InChI=1S/C27H23N3O3S2/c1-4-21-23(22-9-6-14-34-22)29-27(35-21)30-25(31)19-15-17-7-5-8-20(32-3)24(17)33-26(19)28-18-12-10-16(2)11-13-18/h5-15H,4H2,1-3H3,(H,29,30,31). The quantitative estimate of drug-likeness (QED) is 0.272. The summed E-state index contributed by atoms with van der Waals surface area (Å²) in [5, 5.41) is 6.27. The Morgan fingerprint density at radius 3 is 2.69 bits per heavy atom. The molecule has 0 fully saturated rings. The maximum Gasteiger partial charge on any atom is 0.262 e. The third-order valence-corrected chi connectivity index (χ3v) is 7.45. The summed E-state index contributed by atoms with van der Waals surface area (Å²) in [4.78, 5) is 25.1. The smallest absolute Gasteiger partial charge is 0.262 e. The number of rotatable bonds is 6. The highest BCUT2D eigenvalue weighted by atomic mass is 32.1. The van der Waals surface area contributed by atoms with Crippen molar-refractivity contribution in [3.8, 4) is 16.3 Å². The van der Waals surface area contributed by atoms with Crippen molar-refractivity contribution >= 4 is 50.4 Å². The SMILES string of the molecule is CCc1sc(NC(=O)c2cc3cccc(OC)c3oc2=Nc2ccc(C)cc2)nc1-c1cccs1. The predicted molar refractivity (Wildman–Crippen MR) is 142 cm³/mol. The lowest BCUT2D eigenvalue weighted by Crippen LogP contribution is -2.21. The Bertz CT molecular complexity index is 1570. The second kappa shape index (κ2) is 9.85. The van der Waals surface area contributed by atoms with Crippen LogP contribution in [0.15, 0.2) is 75.5 Å². The van der Waals surface area contributed by atoms with Crippen molar-refractivity contribution < 1.29 is 13.9 Å². The predicted octanol–water partition coefficient (Wildman–Crippen LogP) is 6.98. The van der Waals surface area contributed by atoms with Crippen LogP contribution in [0, 0.1) is 6.92 Å². The highest BCUT2D eigenvalue weighted by Gasteiger charge is 2.19. The first-order valence-electron chi connectivity index (χ1n) is 11.1. The van der Waals surface area contributed by atoms with Crippen LogP contribution < -0.4 is 15.6 Å². The van der Waals surface area contributed by atoms with E-state index in [1.54, 1.807) is 24.5 Å². The van der Waals surface area contributed by atoms with Gasteiger partial charge in [-0.05, 0) is 49.1 Å². The number of benzene rings is 2. The lowest BCUT2D eigenvalue weighted by molar-refractivity contribution is 0.102. The van der Waals surface area contributed by atoms with Gasteiger partial charge in [0.15, 0.2) is 16.5 Å². The summed E-state index contributed by atoms with van der Waals surface area (Å²) in [5.41, 5.74) is 3.77. The number of ether oxygens (including phenoxy) is 1. The fourth-order valence-corrected chi connectivity index (χ4v) is 5.40. The monoisotopic (exact) mass is 501 g/mol. The Balaban J connectivity index is 1.60. The number of hydrogen-bond donors (Lipinski definition) is 1. The van der Waals surface area contributed by atoms with Gasteiger partial charge in [-0.3, -0.25) is 10.1 Å². The zero-order valence-electron chi connectivity index (χ0n) is 19.5. The van der Waals surface area contributed by atoms with E-state index >= 15 is 0 Å². The number of methoxy groups -OCH3 is 1. The Kier molecular flexibility index (Phi) is 6.48. The van der Waals surface area contributed by atoms with Crippen LogP contribution in [-0.4, -0.2) is 18.0 Å². The van der Waals surface area contributed by atoms with Gasteiger partial charge in [-0.1, -0.05) is 42.8 Å². The maximum atomic E-state index is 13.5. The molecule has 176 valence electrons. The fraction of sp³-hybridized carbons (Fsp3) is 0.148. The van der Waals surface area contributed by atoms with Crippen molar-refractivity contribution in [2.75, 3.05) is 12.4 Å². The van der Waals surface area contributed by atoms with Gasteiger partial charge in [0.1, 0.15) is 5.56 Å². The molecule has 0 unspecified atom stereocenters. The third-order valence-electron chi connectivity index (χ3n) is 5.46. The number of carbonyl (C=O) groups excluding carboxylic acids is 1. The number of amides is 1. The summed E-state index contributed by atoms with van der Waals surface area (Å²) in [6.45, 7) is 4.10. The molecule has 0 saturated heterocycles. The molecule has 2 aromatic carbocycles. The van der Waals surface area contributed by atoms with E-state index in [4.69, 9.17) is 14.1 Å². The first-order valence-corrected chi connectivity index (χ1v) is 12.8. The molecule has 0 bridgehead atoms. The molecule has 5 rings (SSSR count). The Labute approximate surface area is 210 Å². The molecule has 1 amide bonds. The van der Waals surface area contributed by atoms with Crippen molar-refractivity contribution in [1.29, 1.82) is 0 Å². The van der Waals surface area contributed by atoms with E-state index < -0.39 is 0 Å². The largest absolute Gasteiger partial charge is 0.493 e. The number of hydrogen-bond acceptors (Lipinski definition) is 7. The minimum absolute atomic E-state index is 0.203. The van der Waals surface area contributed by atoms with Gasteiger partial charge >= 0.3 is 0 Å². The zero-order valence-corrected chi connectivity index (χ0v) is 21.1. The zero-order chi connectivity index (χ0) is 24.4. The molecule has 8 heteroatoms. The van der Waals surface area contributed by atoms with Crippen molar-refractivity contribution in [3.63, 3.8) is 0 Å². The second-order valence-corrected chi connectivity index (χ2v) is 9.90. The van der Waals surface area contributed by atoms with Gasteiger partial charge in [-0.15, -0.1) is 22.7 Å². The minimum Gasteiger partial charge on any atom is -0.493 e. The molecule has 35 heavy (non-hydrogen) atoms. The summed E-state index contributed by atoms with van der Waals surface area (Å²) < 4.78 is 11.6. The van der Waals surface area contributed by atoms with E-state index in [9.17, 15) is 4.79 Å². The van der Waals surface area contributed by atoms with Crippen LogP contribution in [0.5, 0.6) is 5.75 Å². The Hall–Kier alpha value is -3.75. The van der Waals surface area contributed by atoms with Gasteiger partial charge in [0.2, 0.25) is 5.55 Å². The minimum atomic E-state index is -0.335. The van der Waals surface area contributed by atoms with Crippen molar-refractivity contribution in [1.82, 2.24) is 4.98 Å². The number of nitrogens with one attached hydrogen (secondary N) is 1. The summed E-state index contributed by atoms with van der Waals surface area (Å²) in [6.07, 6.45) is 0.833. The number of para-hydroxylation sites is 1. The van der Waals surface area contributed by atoms with E-state index in [1.807, 2.05) is 66.9 Å². The van der Waals surface area contributed by atoms with Crippen molar-refractivity contribution in [2.45, 2.75) is 20.3 Å². The molecule has 0 aliphatic heterocycles. The summed E-state index contributed by atoms with van der Waals surface area (Å²) in [7, 11) is 1.58. The molecular formula is C27H23N3O3S2. The molecule has 1 N–H and O–H groups in total. The van der Waals surface area contributed by atoms with E-state index in [-0.39, 0.29) is 11.5 Å². The number of fused-ring (bicyclic) bond motifs is 1. The van der Waals surface area contributed by atoms with Crippen LogP contribution in [-0.2, 0) is 6.42 Å². The molecule has 3 heterocycles. The van der Waals surface area contributed by atoms with Gasteiger partial charge in [0.05, 0.1) is 23.4 Å². The molecule has 5 aromatic rings. The molecule has 0 radical (unpaired) electrons. The van der Waals surface area contributed by atoms with Crippen LogP contribution in [0.4, 0.5) is 10.8 Å². The lowest BCUT2D eigenvalue weighted by atomic mass is 10.1. The number of carbonyl (C=O) groups is 1. The first-order chi connectivity index (χ1) is 17.1. The molecule has 3 aromatic heterocycles. The summed E-state index contributed by atoms with van der Waals surface area (Å²) in [6, 6.07) is 19.1.